The van der Waals surface area contributed by atoms with Crippen LogP contribution in [0.2, 0.25) is 0 Å². The number of ether oxygens (including phenoxy) is 1. The fourth-order valence-corrected chi connectivity index (χ4v) is 4.13. The van der Waals surface area contributed by atoms with Gasteiger partial charge in [-0.3, -0.25) is 4.90 Å². The number of hydrogen-bond acceptors (Lipinski definition) is 5. The molecule has 1 aromatic carbocycles. The van der Waals surface area contributed by atoms with Crippen LogP contribution in [0.25, 0.3) is 0 Å². The summed E-state index contributed by atoms with van der Waals surface area (Å²) in [4.78, 5) is 6.75. The largest absolute Gasteiger partial charge is 0.492 e. The summed E-state index contributed by atoms with van der Waals surface area (Å²) in [5.41, 5.74) is 7.75. The quantitative estimate of drug-likeness (QED) is 0.743. The van der Waals surface area contributed by atoms with E-state index in [1.54, 1.807) is 0 Å². The van der Waals surface area contributed by atoms with Gasteiger partial charge in [0.2, 0.25) is 0 Å². The molecule has 5 nitrogen and oxygen atoms in total. The average Bonchev–Trinajstić information content (AvgIpc) is 2.68. The van der Waals surface area contributed by atoms with Crippen molar-refractivity contribution in [2.24, 2.45) is 0 Å². The van der Waals surface area contributed by atoms with Crippen molar-refractivity contribution >= 4 is 11.4 Å². The second-order valence-electron chi connectivity index (χ2n) is 7.62. The number of hydrogen-bond donors (Lipinski definition) is 1. The zero-order valence-corrected chi connectivity index (χ0v) is 16.5. The standard InChI is InChI=1S/C20H31F3N4O/c1-2-28-19-15-17(3-4-18(19)24)26-8-5-16(6-9-26)27-13-11-25(12-14-27)10-7-20(21,22)23/h3-4,15-16H,2,5-14,24H2,1H3. The lowest BCUT2D eigenvalue weighted by molar-refractivity contribution is -0.139. The smallest absolute Gasteiger partial charge is 0.390 e. The Labute approximate surface area is 165 Å². The molecule has 0 aliphatic carbocycles. The van der Waals surface area contributed by atoms with Crippen LogP contribution in [0.4, 0.5) is 24.5 Å². The molecule has 0 bridgehead atoms. The van der Waals surface area contributed by atoms with Crippen LogP contribution in [0.1, 0.15) is 26.2 Å². The fourth-order valence-electron chi connectivity index (χ4n) is 4.13. The fraction of sp³-hybridized carbons (Fsp3) is 0.700. The highest BCUT2D eigenvalue weighted by atomic mass is 19.4. The number of piperidine rings is 1. The summed E-state index contributed by atoms with van der Waals surface area (Å²) in [5, 5.41) is 0. The molecule has 3 rings (SSSR count). The summed E-state index contributed by atoms with van der Waals surface area (Å²) < 4.78 is 42.8. The molecule has 2 aliphatic heterocycles. The third-order valence-corrected chi connectivity index (χ3v) is 5.76. The number of benzene rings is 1. The molecule has 0 aromatic heterocycles. The van der Waals surface area contributed by atoms with Crippen LogP contribution in [-0.2, 0) is 0 Å². The van der Waals surface area contributed by atoms with Crippen molar-refractivity contribution in [3.63, 3.8) is 0 Å². The zero-order valence-electron chi connectivity index (χ0n) is 16.5. The molecule has 0 amide bonds. The zero-order chi connectivity index (χ0) is 20.1. The van der Waals surface area contributed by atoms with E-state index in [1.165, 1.54) is 0 Å². The molecule has 0 spiro atoms. The van der Waals surface area contributed by atoms with Gasteiger partial charge in [-0.1, -0.05) is 0 Å². The molecular formula is C20H31F3N4O. The maximum atomic E-state index is 12.4. The van der Waals surface area contributed by atoms with Crippen molar-refractivity contribution in [3.05, 3.63) is 18.2 Å². The van der Waals surface area contributed by atoms with Gasteiger partial charge in [0.1, 0.15) is 5.75 Å². The van der Waals surface area contributed by atoms with Gasteiger partial charge in [-0.05, 0) is 31.9 Å². The van der Waals surface area contributed by atoms with Crippen molar-refractivity contribution in [3.8, 4) is 5.75 Å². The van der Waals surface area contributed by atoms with E-state index in [9.17, 15) is 13.2 Å². The molecule has 8 heteroatoms. The first-order valence-electron chi connectivity index (χ1n) is 10.2. The third-order valence-electron chi connectivity index (χ3n) is 5.76. The van der Waals surface area contributed by atoms with Crippen LogP contribution in [0.3, 0.4) is 0 Å². The lowest BCUT2D eigenvalue weighted by Gasteiger charge is -2.43. The molecule has 0 radical (unpaired) electrons. The summed E-state index contributed by atoms with van der Waals surface area (Å²) in [7, 11) is 0. The topological polar surface area (TPSA) is 45.0 Å². The lowest BCUT2D eigenvalue weighted by atomic mass is 10.0. The third kappa shape index (κ3) is 5.67. The first kappa shape index (κ1) is 21.0. The maximum absolute atomic E-state index is 12.4. The van der Waals surface area contributed by atoms with Crippen LogP contribution in [0, 0.1) is 0 Å². The Balaban J connectivity index is 1.45. The molecule has 158 valence electrons. The predicted octanol–water partition coefficient (Wildman–Crippen LogP) is 3.21. The van der Waals surface area contributed by atoms with Crippen LogP contribution in [0.15, 0.2) is 18.2 Å². The van der Waals surface area contributed by atoms with Crippen LogP contribution >= 0.6 is 0 Å². The molecule has 2 N–H and O–H groups in total. The highest BCUT2D eigenvalue weighted by Crippen LogP contribution is 2.30. The summed E-state index contributed by atoms with van der Waals surface area (Å²) >= 11 is 0. The number of rotatable bonds is 6. The van der Waals surface area contributed by atoms with Gasteiger partial charge in [-0.25, -0.2) is 0 Å². The van der Waals surface area contributed by atoms with Crippen molar-refractivity contribution in [1.29, 1.82) is 0 Å². The van der Waals surface area contributed by atoms with E-state index >= 15 is 0 Å². The first-order chi connectivity index (χ1) is 13.4. The Morgan fingerprint density at radius 1 is 1.07 bits per heavy atom. The Kier molecular flexibility index (Phi) is 6.93. The Hall–Kier alpha value is -1.67. The van der Waals surface area contributed by atoms with Crippen molar-refractivity contribution in [1.82, 2.24) is 9.80 Å². The van der Waals surface area contributed by atoms with Gasteiger partial charge in [0.05, 0.1) is 18.7 Å². The minimum Gasteiger partial charge on any atom is -0.492 e. The SMILES string of the molecule is CCOc1cc(N2CCC(N3CCN(CCC(F)(F)F)CC3)CC2)ccc1N. The van der Waals surface area contributed by atoms with Gasteiger partial charge in [0.25, 0.3) is 0 Å². The molecule has 28 heavy (non-hydrogen) atoms. The van der Waals surface area contributed by atoms with Gasteiger partial charge >= 0.3 is 6.18 Å². The Morgan fingerprint density at radius 2 is 1.75 bits per heavy atom. The molecule has 0 unspecified atom stereocenters. The van der Waals surface area contributed by atoms with Gasteiger partial charge in [0.15, 0.2) is 0 Å². The molecule has 1 aromatic rings. The molecule has 2 saturated heterocycles. The van der Waals surface area contributed by atoms with Gasteiger partial charge in [0, 0.05) is 63.6 Å². The van der Waals surface area contributed by atoms with Crippen molar-refractivity contribution in [2.75, 3.05) is 63.1 Å². The molecule has 0 atom stereocenters. The lowest BCUT2D eigenvalue weighted by Crippen LogP contribution is -2.53. The van der Waals surface area contributed by atoms with E-state index in [2.05, 4.69) is 9.80 Å². The van der Waals surface area contributed by atoms with Crippen LogP contribution in [0.5, 0.6) is 5.75 Å². The highest BCUT2D eigenvalue weighted by molar-refractivity contribution is 5.62. The number of anilines is 2. The second kappa shape index (κ2) is 9.22. The molecule has 2 heterocycles. The number of halogens is 3. The van der Waals surface area contributed by atoms with Gasteiger partial charge in [-0.2, -0.15) is 13.2 Å². The van der Waals surface area contributed by atoms with E-state index in [0.717, 1.165) is 63.5 Å². The van der Waals surface area contributed by atoms with Gasteiger partial charge < -0.3 is 20.3 Å². The van der Waals surface area contributed by atoms with E-state index in [0.29, 0.717) is 18.3 Å². The van der Waals surface area contributed by atoms with Crippen LogP contribution in [-0.4, -0.2) is 74.4 Å². The summed E-state index contributed by atoms with van der Waals surface area (Å²) in [5.74, 6) is 0.733. The summed E-state index contributed by atoms with van der Waals surface area (Å²) in [6.07, 6.45) is -2.64. The average molecular weight is 400 g/mol. The molecule has 2 fully saturated rings. The van der Waals surface area contributed by atoms with E-state index in [1.807, 2.05) is 30.0 Å². The normalized spacial score (nSPS) is 20.5. The molecule has 2 aliphatic rings. The number of piperazine rings is 1. The van der Waals surface area contributed by atoms with Gasteiger partial charge in [-0.15, -0.1) is 0 Å². The minimum atomic E-state index is -4.06. The van der Waals surface area contributed by atoms with Crippen molar-refractivity contribution in [2.45, 2.75) is 38.4 Å². The van der Waals surface area contributed by atoms with E-state index < -0.39 is 12.6 Å². The first-order valence-corrected chi connectivity index (χ1v) is 10.2. The second-order valence-corrected chi connectivity index (χ2v) is 7.62. The van der Waals surface area contributed by atoms with Crippen molar-refractivity contribution < 1.29 is 17.9 Å². The molecule has 0 saturated carbocycles. The summed E-state index contributed by atoms with van der Waals surface area (Å²) in [6.45, 7) is 7.76. The predicted molar refractivity (Wildman–Crippen MR) is 106 cm³/mol. The maximum Gasteiger partial charge on any atom is 0.390 e. The Bertz CT molecular complexity index is 624. The van der Waals surface area contributed by atoms with Crippen LogP contribution < -0.4 is 15.4 Å². The molecular weight excluding hydrogens is 369 g/mol. The number of nitrogen functional groups attached to an aromatic ring is 1. The van der Waals surface area contributed by atoms with E-state index in [4.69, 9.17) is 10.5 Å². The van der Waals surface area contributed by atoms with E-state index in [-0.39, 0.29) is 6.54 Å². The summed E-state index contributed by atoms with van der Waals surface area (Å²) in [6, 6.07) is 6.46. The highest BCUT2D eigenvalue weighted by Gasteiger charge is 2.31. The Morgan fingerprint density at radius 3 is 2.36 bits per heavy atom. The number of nitrogens with zero attached hydrogens (tertiary/aromatic N) is 3. The monoisotopic (exact) mass is 400 g/mol. The number of alkyl halides is 3. The minimum absolute atomic E-state index is 0.120. The number of nitrogens with two attached hydrogens (primary N) is 1.